The van der Waals surface area contributed by atoms with Crippen LogP contribution in [0.3, 0.4) is 0 Å². The van der Waals surface area contributed by atoms with Gasteiger partial charge in [0.1, 0.15) is 5.82 Å². The van der Waals surface area contributed by atoms with Gasteiger partial charge in [0.2, 0.25) is 0 Å². The average molecular weight is 343 g/mol. The number of nitrogens with one attached hydrogen (secondary N) is 1. The molecule has 0 saturated carbocycles. The zero-order valence-electron chi connectivity index (χ0n) is 10.0. The zero-order chi connectivity index (χ0) is 14.0. The second-order valence-electron chi connectivity index (χ2n) is 4.05. The zero-order valence-corrected chi connectivity index (χ0v) is 12.3. The molecule has 19 heavy (non-hydrogen) atoms. The van der Waals surface area contributed by atoms with E-state index in [-0.39, 0.29) is 11.7 Å². The summed E-state index contributed by atoms with van der Waals surface area (Å²) < 4.78 is 14.0. The van der Waals surface area contributed by atoms with Crippen molar-refractivity contribution in [3.05, 3.63) is 62.8 Å². The van der Waals surface area contributed by atoms with E-state index in [0.717, 1.165) is 0 Å². The number of hydrogen-bond acceptors (Lipinski definition) is 1. The lowest BCUT2D eigenvalue weighted by molar-refractivity contribution is 0.102. The van der Waals surface area contributed by atoms with Crippen molar-refractivity contribution in [3.63, 3.8) is 0 Å². The molecule has 0 spiro atoms. The predicted molar refractivity (Wildman–Crippen MR) is 78.2 cm³/mol. The van der Waals surface area contributed by atoms with Crippen LogP contribution in [0.5, 0.6) is 0 Å². The Morgan fingerprint density at radius 2 is 2.00 bits per heavy atom. The van der Waals surface area contributed by atoms with Gasteiger partial charge >= 0.3 is 0 Å². The monoisotopic (exact) mass is 341 g/mol. The Morgan fingerprint density at radius 1 is 1.26 bits per heavy atom. The fourth-order valence-electron chi connectivity index (χ4n) is 1.51. The van der Waals surface area contributed by atoms with Gasteiger partial charge in [-0.15, -0.1) is 0 Å². The molecule has 2 nitrogen and oxygen atoms in total. The van der Waals surface area contributed by atoms with Crippen LogP contribution < -0.4 is 5.32 Å². The molecule has 0 aliphatic carbocycles. The Kier molecular flexibility index (Phi) is 4.22. The van der Waals surface area contributed by atoms with Crippen LogP contribution in [0.1, 0.15) is 15.9 Å². The molecule has 0 aliphatic heterocycles. The third-order valence-corrected chi connectivity index (χ3v) is 3.83. The lowest BCUT2D eigenvalue weighted by atomic mass is 10.2. The van der Waals surface area contributed by atoms with Crippen molar-refractivity contribution in [1.82, 2.24) is 0 Å². The van der Waals surface area contributed by atoms with E-state index in [4.69, 9.17) is 11.6 Å². The summed E-state index contributed by atoms with van der Waals surface area (Å²) in [6, 6.07) is 9.40. The predicted octanol–water partition coefficient (Wildman–Crippen LogP) is 4.80. The molecule has 5 heteroatoms. The van der Waals surface area contributed by atoms with E-state index in [9.17, 15) is 9.18 Å². The fraction of sp³-hybridized carbons (Fsp3) is 0.0714. The molecule has 1 amide bonds. The van der Waals surface area contributed by atoms with E-state index in [2.05, 4.69) is 21.2 Å². The summed E-state index contributed by atoms with van der Waals surface area (Å²) in [4.78, 5) is 12.0. The van der Waals surface area contributed by atoms with Crippen LogP contribution in [0.15, 0.2) is 40.9 Å². The van der Waals surface area contributed by atoms with Gasteiger partial charge in [-0.25, -0.2) is 4.39 Å². The fourth-order valence-corrected chi connectivity index (χ4v) is 2.01. The third kappa shape index (κ3) is 3.33. The summed E-state index contributed by atoms with van der Waals surface area (Å²) in [7, 11) is 0. The maximum absolute atomic E-state index is 13.4. The molecule has 2 aromatic carbocycles. The molecule has 0 aromatic heterocycles. The molecular formula is C14H10BrClFNO. The maximum atomic E-state index is 13.4. The number of amides is 1. The maximum Gasteiger partial charge on any atom is 0.255 e. The minimum absolute atomic E-state index is 0.319. The van der Waals surface area contributed by atoms with Crippen LogP contribution >= 0.6 is 27.5 Å². The second kappa shape index (κ2) is 5.72. The summed E-state index contributed by atoms with van der Waals surface area (Å²) >= 11 is 9.10. The Balaban J connectivity index is 2.20. The van der Waals surface area contributed by atoms with Gasteiger partial charge in [0.05, 0.1) is 5.02 Å². The third-order valence-electron chi connectivity index (χ3n) is 2.61. The Morgan fingerprint density at radius 3 is 2.63 bits per heavy atom. The molecule has 1 N–H and O–H groups in total. The summed E-state index contributed by atoms with van der Waals surface area (Å²) in [5, 5.41) is 3.16. The van der Waals surface area contributed by atoms with Gasteiger partial charge in [0, 0.05) is 15.7 Å². The molecule has 0 saturated heterocycles. The first-order valence-corrected chi connectivity index (χ1v) is 6.67. The van der Waals surface area contributed by atoms with E-state index in [1.54, 1.807) is 37.3 Å². The van der Waals surface area contributed by atoms with Crippen molar-refractivity contribution in [2.24, 2.45) is 0 Å². The van der Waals surface area contributed by atoms with Crippen LogP contribution in [0.4, 0.5) is 10.1 Å². The number of halogens is 3. The molecule has 0 radical (unpaired) electrons. The first kappa shape index (κ1) is 14.0. The summed E-state index contributed by atoms with van der Waals surface area (Å²) in [6.07, 6.45) is 0. The lowest BCUT2D eigenvalue weighted by Gasteiger charge is -2.07. The molecular weight excluding hydrogens is 333 g/mol. The minimum Gasteiger partial charge on any atom is -0.322 e. The highest BCUT2D eigenvalue weighted by Crippen LogP contribution is 2.24. The van der Waals surface area contributed by atoms with Crippen molar-refractivity contribution < 1.29 is 9.18 Å². The minimum atomic E-state index is -0.352. The first-order valence-electron chi connectivity index (χ1n) is 5.50. The van der Waals surface area contributed by atoms with Crippen molar-refractivity contribution >= 4 is 39.1 Å². The molecule has 2 rings (SSSR count). The topological polar surface area (TPSA) is 29.1 Å². The summed E-state index contributed by atoms with van der Waals surface area (Å²) in [5.41, 5.74) is 1.39. The summed E-state index contributed by atoms with van der Waals surface area (Å²) in [5.74, 6) is -0.671. The van der Waals surface area contributed by atoms with Gasteiger partial charge in [-0.3, -0.25) is 4.79 Å². The Labute approximate surface area is 123 Å². The number of aryl methyl sites for hydroxylation is 1. The molecule has 0 aliphatic rings. The van der Waals surface area contributed by atoms with Crippen LogP contribution in [0.2, 0.25) is 5.02 Å². The van der Waals surface area contributed by atoms with Gasteiger partial charge in [-0.1, -0.05) is 17.7 Å². The highest BCUT2D eigenvalue weighted by molar-refractivity contribution is 9.10. The molecule has 0 bridgehead atoms. The number of anilines is 1. The van der Waals surface area contributed by atoms with Crippen LogP contribution in [0.25, 0.3) is 0 Å². The van der Waals surface area contributed by atoms with Crippen molar-refractivity contribution in [1.29, 1.82) is 0 Å². The molecule has 2 aromatic rings. The SMILES string of the molecule is Cc1ccc(NC(=O)c2ccc(Cl)c(Br)c2)cc1F. The lowest BCUT2D eigenvalue weighted by Crippen LogP contribution is -2.12. The number of hydrogen-bond donors (Lipinski definition) is 1. The number of benzene rings is 2. The number of carbonyl (C=O) groups excluding carboxylic acids is 1. The molecule has 0 atom stereocenters. The van der Waals surface area contributed by atoms with Crippen LogP contribution in [-0.4, -0.2) is 5.91 Å². The highest BCUT2D eigenvalue weighted by atomic mass is 79.9. The van der Waals surface area contributed by atoms with Crippen molar-refractivity contribution in [2.75, 3.05) is 5.32 Å². The van der Waals surface area contributed by atoms with Gasteiger partial charge in [-0.2, -0.15) is 0 Å². The number of rotatable bonds is 2. The van der Waals surface area contributed by atoms with Gasteiger partial charge < -0.3 is 5.32 Å². The molecule has 98 valence electrons. The van der Waals surface area contributed by atoms with E-state index in [1.807, 2.05) is 0 Å². The first-order chi connectivity index (χ1) is 8.97. The van der Waals surface area contributed by atoms with E-state index in [1.165, 1.54) is 6.07 Å². The van der Waals surface area contributed by atoms with Crippen LogP contribution in [0, 0.1) is 12.7 Å². The van der Waals surface area contributed by atoms with E-state index in [0.29, 0.717) is 26.3 Å². The Hall–Kier alpha value is -1.39. The molecule has 0 heterocycles. The Bertz CT molecular complexity index is 645. The average Bonchev–Trinajstić information content (AvgIpc) is 2.37. The van der Waals surface area contributed by atoms with Gasteiger partial charge in [0.15, 0.2) is 0 Å². The number of carbonyl (C=O) groups is 1. The van der Waals surface area contributed by atoms with Crippen molar-refractivity contribution in [2.45, 2.75) is 6.92 Å². The van der Waals surface area contributed by atoms with E-state index >= 15 is 0 Å². The van der Waals surface area contributed by atoms with Gasteiger partial charge in [0.25, 0.3) is 5.91 Å². The standard InChI is InChI=1S/C14H10BrClFNO/c1-8-2-4-10(7-13(8)17)18-14(19)9-3-5-12(16)11(15)6-9/h2-7H,1H3,(H,18,19). The summed E-state index contributed by atoms with van der Waals surface area (Å²) in [6.45, 7) is 1.66. The normalized spacial score (nSPS) is 10.3. The smallest absolute Gasteiger partial charge is 0.255 e. The highest BCUT2D eigenvalue weighted by Gasteiger charge is 2.09. The quantitative estimate of drug-likeness (QED) is 0.834. The van der Waals surface area contributed by atoms with E-state index < -0.39 is 0 Å². The second-order valence-corrected chi connectivity index (χ2v) is 5.31. The molecule has 0 unspecified atom stereocenters. The van der Waals surface area contributed by atoms with Crippen LogP contribution in [-0.2, 0) is 0 Å². The van der Waals surface area contributed by atoms with Gasteiger partial charge in [-0.05, 0) is 58.7 Å². The largest absolute Gasteiger partial charge is 0.322 e. The van der Waals surface area contributed by atoms with Crippen molar-refractivity contribution in [3.8, 4) is 0 Å². The molecule has 0 fully saturated rings.